The van der Waals surface area contributed by atoms with Crippen LogP contribution < -0.4 is 5.32 Å². The van der Waals surface area contributed by atoms with Gasteiger partial charge in [0.15, 0.2) is 5.96 Å². The fraction of sp³-hybridized carbons (Fsp3) is 0.588. The van der Waals surface area contributed by atoms with Crippen molar-refractivity contribution in [3.63, 3.8) is 0 Å². The van der Waals surface area contributed by atoms with Gasteiger partial charge in [-0.25, -0.2) is 0 Å². The summed E-state index contributed by atoms with van der Waals surface area (Å²) in [7, 11) is 0.968. The first-order valence-corrected chi connectivity index (χ1v) is 10.5. The number of nitrogens with zero attached hydrogens (tertiary/aromatic N) is 2. The Bertz CT molecular complexity index is 546. The van der Waals surface area contributed by atoms with Crippen LogP contribution in [-0.2, 0) is 16.6 Å². The largest absolute Gasteiger partial charge is 0.355 e. The molecule has 4 nitrogen and oxygen atoms in total. The van der Waals surface area contributed by atoms with Crippen molar-refractivity contribution in [2.75, 3.05) is 38.2 Å². The van der Waals surface area contributed by atoms with Crippen molar-refractivity contribution in [1.29, 1.82) is 0 Å². The van der Waals surface area contributed by atoms with E-state index in [0.717, 1.165) is 30.4 Å². The summed E-state index contributed by atoms with van der Waals surface area (Å²) < 4.78 is 12.4. The molecule has 128 valence electrons. The number of guanidine groups is 1. The summed E-state index contributed by atoms with van der Waals surface area (Å²) >= 11 is 2.01. The SMILES string of the molecule is CN=C(NCCS(=O)Cc1ccccc1)N1CCSC(C)(C)C1. The molecule has 1 aliphatic heterocycles. The van der Waals surface area contributed by atoms with Crippen LogP contribution in [0.5, 0.6) is 0 Å². The van der Waals surface area contributed by atoms with Crippen LogP contribution in [0.15, 0.2) is 35.3 Å². The van der Waals surface area contributed by atoms with Crippen LogP contribution in [0.1, 0.15) is 19.4 Å². The minimum atomic E-state index is -0.850. The topological polar surface area (TPSA) is 44.7 Å². The average molecular weight is 354 g/mol. The molecule has 0 aliphatic carbocycles. The number of aliphatic imine (C=N–C) groups is 1. The van der Waals surface area contributed by atoms with Crippen molar-refractivity contribution in [3.8, 4) is 0 Å². The summed E-state index contributed by atoms with van der Waals surface area (Å²) in [5.74, 6) is 3.30. The molecule has 1 saturated heterocycles. The van der Waals surface area contributed by atoms with E-state index in [1.807, 2.05) is 49.1 Å². The van der Waals surface area contributed by atoms with E-state index in [4.69, 9.17) is 0 Å². The second-order valence-corrected chi connectivity index (χ2v) is 9.66. The Morgan fingerprint density at radius 1 is 1.39 bits per heavy atom. The van der Waals surface area contributed by atoms with Crippen LogP contribution in [0.2, 0.25) is 0 Å². The van der Waals surface area contributed by atoms with Crippen LogP contribution in [0, 0.1) is 0 Å². The lowest BCUT2D eigenvalue weighted by molar-refractivity contribution is 0.377. The Labute approximate surface area is 146 Å². The molecule has 1 atom stereocenters. The van der Waals surface area contributed by atoms with Crippen molar-refractivity contribution in [2.24, 2.45) is 4.99 Å². The van der Waals surface area contributed by atoms with E-state index in [1.54, 1.807) is 0 Å². The van der Waals surface area contributed by atoms with E-state index in [0.29, 0.717) is 18.1 Å². The summed E-state index contributed by atoms with van der Waals surface area (Å²) in [5, 5.41) is 3.37. The molecule has 0 amide bonds. The third kappa shape index (κ3) is 6.18. The van der Waals surface area contributed by atoms with Crippen LogP contribution in [-0.4, -0.2) is 58.0 Å². The van der Waals surface area contributed by atoms with Gasteiger partial charge in [-0.3, -0.25) is 9.20 Å². The van der Waals surface area contributed by atoms with Crippen molar-refractivity contribution >= 4 is 28.5 Å². The van der Waals surface area contributed by atoms with Crippen molar-refractivity contribution in [1.82, 2.24) is 10.2 Å². The highest BCUT2D eigenvalue weighted by molar-refractivity contribution is 8.00. The lowest BCUT2D eigenvalue weighted by Crippen LogP contribution is -2.51. The Hall–Kier alpha value is -1.01. The molecular formula is C17H27N3OS2. The summed E-state index contributed by atoms with van der Waals surface area (Å²) in [6, 6.07) is 10.0. The van der Waals surface area contributed by atoms with Crippen LogP contribution >= 0.6 is 11.8 Å². The maximum atomic E-state index is 12.2. The van der Waals surface area contributed by atoms with Gasteiger partial charge in [-0.1, -0.05) is 30.3 Å². The fourth-order valence-corrected chi connectivity index (χ4v) is 4.79. The van der Waals surface area contributed by atoms with Gasteiger partial charge < -0.3 is 10.2 Å². The zero-order valence-corrected chi connectivity index (χ0v) is 15.9. The number of hydrogen-bond donors (Lipinski definition) is 1. The third-order valence-corrected chi connectivity index (χ3v) is 6.33. The zero-order valence-electron chi connectivity index (χ0n) is 14.2. The molecule has 0 bridgehead atoms. The molecule has 0 radical (unpaired) electrons. The molecule has 1 unspecified atom stereocenters. The molecule has 1 fully saturated rings. The second kappa shape index (κ2) is 8.73. The van der Waals surface area contributed by atoms with Gasteiger partial charge in [0.25, 0.3) is 0 Å². The van der Waals surface area contributed by atoms with Gasteiger partial charge in [0.05, 0.1) is 0 Å². The fourth-order valence-electron chi connectivity index (χ4n) is 2.64. The number of benzene rings is 1. The van der Waals surface area contributed by atoms with Gasteiger partial charge in [0.1, 0.15) is 0 Å². The molecule has 23 heavy (non-hydrogen) atoms. The van der Waals surface area contributed by atoms with Crippen molar-refractivity contribution < 1.29 is 4.21 Å². The second-order valence-electron chi connectivity index (χ2n) is 6.28. The summed E-state index contributed by atoms with van der Waals surface area (Å²) in [6.07, 6.45) is 0. The van der Waals surface area contributed by atoms with E-state index >= 15 is 0 Å². The number of hydrogen-bond acceptors (Lipinski definition) is 3. The normalized spacial score (nSPS) is 19.4. The first kappa shape index (κ1) is 18.3. The Kier molecular flexibility index (Phi) is 6.96. The van der Waals surface area contributed by atoms with Gasteiger partial charge in [-0.15, -0.1) is 0 Å². The summed E-state index contributed by atoms with van der Waals surface area (Å²) in [4.78, 5) is 6.68. The quantitative estimate of drug-likeness (QED) is 0.652. The molecule has 1 aliphatic rings. The number of thioether (sulfide) groups is 1. The van der Waals surface area contributed by atoms with Crippen molar-refractivity contribution in [3.05, 3.63) is 35.9 Å². The van der Waals surface area contributed by atoms with Gasteiger partial charge in [0.2, 0.25) is 0 Å². The molecule has 1 aromatic rings. The van der Waals surface area contributed by atoms with Crippen LogP contribution in [0.25, 0.3) is 0 Å². The number of rotatable bonds is 5. The van der Waals surface area contributed by atoms with Crippen LogP contribution in [0.4, 0.5) is 0 Å². The molecule has 0 saturated carbocycles. The Morgan fingerprint density at radius 2 is 2.13 bits per heavy atom. The minimum Gasteiger partial charge on any atom is -0.355 e. The van der Waals surface area contributed by atoms with E-state index < -0.39 is 10.8 Å². The molecule has 2 rings (SSSR count). The maximum Gasteiger partial charge on any atom is 0.193 e. The molecule has 0 aromatic heterocycles. The predicted molar refractivity (Wildman–Crippen MR) is 103 cm³/mol. The highest BCUT2D eigenvalue weighted by atomic mass is 32.2. The highest BCUT2D eigenvalue weighted by Gasteiger charge is 2.28. The lowest BCUT2D eigenvalue weighted by atomic mass is 10.2. The average Bonchev–Trinajstić information content (AvgIpc) is 2.51. The van der Waals surface area contributed by atoms with Crippen LogP contribution in [0.3, 0.4) is 0 Å². The molecule has 1 N–H and O–H groups in total. The zero-order chi connectivity index (χ0) is 16.7. The summed E-state index contributed by atoms with van der Waals surface area (Å²) in [5.41, 5.74) is 1.13. The predicted octanol–water partition coefficient (Wildman–Crippen LogP) is 2.34. The van der Waals surface area contributed by atoms with E-state index in [9.17, 15) is 4.21 Å². The third-order valence-electron chi connectivity index (χ3n) is 3.72. The van der Waals surface area contributed by atoms with Crippen molar-refractivity contribution in [2.45, 2.75) is 24.3 Å². The van der Waals surface area contributed by atoms with Gasteiger partial charge >= 0.3 is 0 Å². The Balaban J connectivity index is 1.76. The first-order valence-electron chi connectivity index (χ1n) is 7.99. The van der Waals surface area contributed by atoms with E-state index in [2.05, 4.69) is 29.1 Å². The lowest BCUT2D eigenvalue weighted by Gasteiger charge is -2.39. The van der Waals surface area contributed by atoms with E-state index in [-0.39, 0.29) is 4.75 Å². The van der Waals surface area contributed by atoms with E-state index in [1.165, 1.54) is 0 Å². The first-order chi connectivity index (χ1) is 11.0. The molecule has 1 heterocycles. The molecule has 1 aromatic carbocycles. The smallest absolute Gasteiger partial charge is 0.193 e. The maximum absolute atomic E-state index is 12.2. The van der Waals surface area contributed by atoms with Gasteiger partial charge in [-0.2, -0.15) is 11.8 Å². The number of nitrogens with one attached hydrogen (secondary N) is 1. The van der Waals surface area contributed by atoms with Gasteiger partial charge in [0, 0.05) is 59.5 Å². The monoisotopic (exact) mass is 353 g/mol. The summed E-state index contributed by atoms with van der Waals surface area (Å²) in [6.45, 7) is 7.24. The standard InChI is InChI=1S/C17H27N3OS2/c1-17(2)14-20(10-11-22-17)16(18-3)19-9-12-23(21)13-15-7-5-4-6-8-15/h4-8H,9-14H2,1-3H3,(H,18,19). The Morgan fingerprint density at radius 3 is 2.78 bits per heavy atom. The molecule has 0 spiro atoms. The molecule has 6 heteroatoms. The minimum absolute atomic E-state index is 0.256. The molecular weight excluding hydrogens is 326 g/mol. The van der Waals surface area contributed by atoms with Gasteiger partial charge in [-0.05, 0) is 19.4 Å². The highest BCUT2D eigenvalue weighted by Crippen LogP contribution is 2.29.